The average molecular weight is 369 g/mol. The molecule has 2 aromatic rings. The zero-order valence-electron chi connectivity index (χ0n) is 18.6. The topological polar surface area (TPSA) is 3.88 Å². The summed E-state index contributed by atoms with van der Waals surface area (Å²) in [5.41, 5.74) is 7.31. The van der Waals surface area contributed by atoms with Crippen molar-refractivity contribution in [2.75, 3.05) is 0 Å². The van der Waals surface area contributed by atoms with E-state index in [1.807, 2.05) is 0 Å². The van der Waals surface area contributed by atoms with E-state index in [0.717, 1.165) is 6.42 Å². The number of hydrogen-bond acceptors (Lipinski definition) is 0. The first-order valence-corrected chi connectivity index (χ1v) is 13.4. The third-order valence-corrected chi connectivity index (χ3v) is 7.16. The largest absolute Gasteiger partial charge is 0.212 e. The van der Waals surface area contributed by atoms with Crippen LogP contribution in [0.1, 0.15) is 57.2 Å². The van der Waals surface area contributed by atoms with Gasteiger partial charge < -0.3 is 0 Å². The molecule has 0 unspecified atom stereocenters. The Kier molecular flexibility index (Phi) is 5.87. The predicted octanol–water partition coefficient (Wildman–Crippen LogP) is 5.74. The SMILES string of the molecule is Cc1ccc(C(C)C)cc1-c1cc(CC(C)(C)C)c([Si](C)(C)C)c[n+]1C. The van der Waals surface area contributed by atoms with E-state index in [1.54, 1.807) is 10.8 Å². The minimum absolute atomic E-state index is 0.292. The lowest BCUT2D eigenvalue weighted by atomic mass is 9.87. The summed E-state index contributed by atoms with van der Waals surface area (Å²) in [4.78, 5) is 0. The first kappa shape index (κ1) is 20.9. The summed E-state index contributed by atoms with van der Waals surface area (Å²) in [6.07, 6.45) is 3.55. The summed E-state index contributed by atoms with van der Waals surface area (Å²) >= 11 is 0. The molecule has 0 saturated carbocycles. The maximum atomic E-state index is 2.48. The van der Waals surface area contributed by atoms with Crippen molar-refractivity contribution < 1.29 is 4.57 Å². The van der Waals surface area contributed by atoms with E-state index in [4.69, 9.17) is 0 Å². The van der Waals surface area contributed by atoms with Crippen LogP contribution in [-0.2, 0) is 13.5 Å². The number of rotatable bonds is 4. The highest BCUT2D eigenvalue weighted by Gasteiger charge is 2.28. The second-order valence-corrected chi connectivity index (χ2v) is 15.5. The van der Waals surface area contributed by atoms with Crippen LogP contribution >= 0.6 is 0 Å². The molecular formula is C24H38NSi+. The molecule has 0 aliphatic carbocycles. The van der Waals surface area contributed by atoms with E-state index >= 15 is 0 Å². The molecule has 0 amide bonds. The molecule has 1 aromatic heterocycles. The number of aromatic nitrogens is 1. The quantitative estimate of drug-likeness (QED) is 0.478. The Morgan fingerprint density at radius 1 is 1.04 bits per heavy atom. The van der Waals surface area contributed by atoms with E-state index in [9.17, 15) is 0 Å². The highest BCUT2D eigenvalue weighted by atomic mass is 28.3. The number of hydrogen-bond donors (Lipinski definition) is 0. The van der Waals surface area contributed by atoms with Crippen molar-refractivity contribution in [1.29, 1.82) is 0 Å². The van der Waals surface area contributed by atoms with Crippen molar-refractivity contribution in [3.8, 4) is 11.3 Å². The van der Waals surface area contributed by atoms with Gasteiger partial charge in [0.05, 0.1) is 8.07 Å². The van der Waals surface area contributed by atoms with Crippen molar-refractivity contribution in [2.45, 2.75) is 73.5 Å². The van der Waals surface area contributed by atoms with Crippen LogP contribution < -0.4 is 9.75 Å². The molecule has 0 saturated heterocycles. The Bertz CT molecular complexity index is 789. The minimum Gasteiger partial charge on any atom is -0.201 e. The van der Waals surface area contributed by atoms with E-state index in [2.05, 4.69) is 103 Å². The van der Waals surface area contributed by atoms with Crippen LogP contribution in [0.25, 0.3) is 11.3 Å². The van der Waals surface area contributed by atoms with Gasteiger partial charge in [0, 0.05) is 16.8 Å². The zero-order chi connectivity index (χ0) is 19.9. The van der Waals surface area contributed by atoms with E-state index in [-0.39, 0.29) is 0 Å². The van der Waals surface area contributed by atoms with Gasteiger partial charge in [-0.2, -0.15) is 0 Å². The molecule has 0 radical (unpaired) electrons. The Hall–Kier alpha value is -1.41. The lowest BCUT2D eigenvalue weighted by molar-refractivity contribution is -0.659. The van der Waals surface area contributed by atoms with Crippen LogP contribution in [0.4, 0.5) is 0 Å². The van der Waals surface area contributed by atoms with Crippen LogP contribution in [0.2, 0.25) is 19.6 Å². The average Bonchev–Trinajstić information content (AvgIpc) is 2.46. The second kappa shape index (κ2) is 7.30. The summed E-state index contributed by atoms with van der Waals surface area (Å²) < 4.78 is 2.35. The lowest BCUT2D eigenvalue weighted by Gasteiger charge is -2.25. The van der Waals surface area contributed by atoms with Crippen LogP contribution in [0.5, 0.6) is 0 Å². The zero-order valence-corrected chi connectivity index (χ0v) is 19.6. The van der Waals surface area contributed by atoms with Gasteiger partial charge in [-0.1, -0.05) is 66.4 Å². The fraction of sp³-hybridized carbons (Fsp3) is 0.542. The molecule has 1 heterocycles. The molecular weight excluding hydrogens is 330 g/mol. The van der Waals surface area contributed by atoms with Gasteiger partial charge in [0.25, 0.3) is 0 Å². The predicted molar refractivity (Wildman–Crippen MR) is 118 cm³/mol. The molecule has 0 spiro atoms. The maximum Gasteiger partial charge on any atom is 0.212 e. The molecule has 0 atom stereocenters. The molecule has 0 fully saturated rings. The highest BCUT2D eigenvalue weighted by Crippen LogP contribution is 2.28. The van der Waals surface area contributed by atoms with Crippen molar-refractivity contribution in [2.24, 2.45) is 12.5 Å². The Morgan fingerprint density at radius 3 is 2.15 bits per heavy atom. The van der Waals surface area contributed by atoms with Crippen molar-refractivity contribution in [3.63, 3.8) is 0 Å². The fourth-order valence-electron chi connectivity index (χ4n) is 3.63. The van der Waals surface area contributed by atoms with Gasteiger partial charge in [-0.15, -0.1) is 0 Å². The van der Waals surface area contributed by atoms with Gasteiger partial charge in [-0.25, -0.2) is 4.57 Å². The monoisotopic (exact) mass is 368 g/mol. The third kappa shape index (κ3) is 4.85. The molecule has 26 heavy (non-hydrogen) atoms. The van der Waals surface area contributed by atoms with Crippen LogP contribution in [0.15, 0.2) is 30.5 Å². The number of pyridine rings is 1. The third-order valence-electron chi connectivity index (χ3n) is 5.09. The number of nitrogens with zero attached hydrogens (tertiary/aromatic N) is 1. The fourth-order valence-corrected chi connectivity index (χ4v) is 5.33. The molecule has 0 aliphatic rings. The van der Waals surface area contributed by atoms with E-state index in [1.165, 1.54) is 22.4 Å². The lowest BCUT2D eigenvalue weighted by Crippen LogP contribution is -2.47. The van der Waals surface area contributed by atoms with Crippen LogP contribution in [-0.4, -0.2) is 8.07 Å². The van der Waals surface area contributed by atoms with E-state index in [0.29, 0.717) is 11.3 Å². The Balaban J connectivity index is 2.71. The minimum atomic E-state index is -1.40. The molecule has 142 valence electrons. The Labute approximate surface area is 162 Å². The smallest absolute Gasteiger partial charge is 0.201 e. The van der Waals surface area contributed by atoms with Gasteiger partial charge >= 0.3 is 0 Å². The summed E-state index contributed by atoms with van der Waals surface area (Å²) in [5.74, 6) is 0.551. The van der Waals surface area contributed by atoms with Crippen molar-refractivity contribution in [1.82, 2.24) is 0 Å². The van der Waals surface area contributed by atoms with Crippen LogP contribution in [0.3, 0.4) is 0 Å². The molecule has 2 heteroatoms. The summed E-state index contributed by atoms with van der Waals surface area (Å²) in [5, 5.41) is 1.59. The van der Waals surface area contributed by atoms with Crippen molar-refractivity contribution >= 4 is 13.3 Å². The highest BCUT2D eigenvalue weighted by molar-refractivity contribution is 6.88. The standard InChI is InChI=1S/C24H38NSi/c1-17(2)19-12-11-18(3)21(13-19)22-14-20(15-24(4,5)6)23(16-25(22)7)26(8,9)10/h11-14,16-17H,15H2,1-10H3/q+1. The van der Waals surface area contributed by atoms with Gasteiger partial charge in [-0.05, 0) is 47.4 Å². The molecule has 0 bridgehead atoms. The first-order valence-electron chi connectivity index (χ1n) is 9.93. The summed E-state index contributed by atoms with van der Waals surface area (Å²) in [6.45, 7) is 21.2. The molecule has 2 rings (SSSR count). The first-order chi connectivity index (χ1) is 11.8. The molecule has 1 nitrogen and oxygen atoms in total. The van der Waals surface area contributed by atoms with Crippen molar-refractivity contribution in [3.05, 3.63) is 47.2 Å². The molecule has 0 aliphatic heterocycles. The van der Waals surface area contributed by atoms with Crippen LogP contribution in [0, 0.1) is 12.3 Å². The molecule has 1 aromatic carbocycles. The van der Waals surface area contributed by atoms with Gasteiger partial charge in [0.15, 0.2) is 6.20 Å². The summed E-state index contributed by atoms with van der Waals surface area (Å²) in [7, 11) is 0.814. The van der Waals surface area contributed by atoms with Gasteiger partial charge in [0.1, 0.15) is 7.05 Å². The Morgan fingerprint density at radius 2 is 1.65 bits per heavy atom. The van der Waals surface area contributed by atoms with Gasteiger partial charge in [-0.3, -0.25) is 0 Å². The second-order valence-electron chi connectivity index (χ2n) is 10.4. The van der Waals surface area contributed by atoms with E-state index < -0.39 is 8.07 Å². The number of benzene rings is 1. The number of aryl methyl sites for hydroxylation is 2. The normalized spacial score (nSPS) is 12.7. The summed E-state index contributed by atoms with van der Waals surface area (Å²) in [6, 6.07) is 9.42. The van der Waals surface area contributed by atoms with Gasteiger partial charge in [0.2, 0.25) is 5.69 Å². The molecule has 0 N–H and O–H groups in total. The maximum absolute atomic E-state index is 2.48.